The largest absolute Gasteiger partial charge is 0.484 e. The van der Waals surface area contributed by atoms with Crippen molar-refractivity contribution in [1.29, 1.82) is 0 Å². The molecule has 26 heteroatoms. The van der Waals surface area contributed by atoms with Gasteiger partial charge in [-0.25, -0.2) is 9.97 Å². The Morgan fingerprint density at radius 3 is 2.36 bits per heavy atom. The summed E-state index contributed by atoms with van der Waals surface area (Å²) in [5.74, 6) is -3.26. The monoisotopic (exact) mass is 1050 g/mol. The van der Waals surface area contributed by atoms with E-state index in [0.717, 1.165) is 4.90 Å². The van der Waals surface area contributed by atoms with Crippen LogP contribution in [0.15, 0.2) is 71.9 Å². The third-order valence-electron chi connectivity index (χ3n) is 12.4. The number of amides is 7. The number of anilines is 1. The number of carbonyl (C=O) groups is 7. The molecule has 24 nitrogen and oxygen atoms in total. The van der Waals surface area contributed by atoms with Crippen molar-refractivity contribution in [3.63, 3.8) is 0 Å². The maximum absolute atomic E-state index is 14.6. The molecule has 0 bridgehead atoms. The van der Waals surface area contributed by atoms with Gasteiger partial charge in [0, 0.05) is 56.9 Å². The van der Waals surface area contributed by atoms with Gasteiger partial charge in [-0.2, -0.15) is 4.98 Å². The minimum absolute atomic E-state index is 0.00755. The molecular weight excluding hydrogens is 1010 g/mol. The summed E-state index contributed by atoms with van der Waals surface area (Å²) in [4.78, 5) is 119. The second-order valence-electron chi connectivity index (χ2n) is 17.2. The van der Waals surface area contributed by atoms with Gasteiger partial charge in [0.2, 0.25) is 23.6 Å². The van der Waals surface area contributed by atoms with Gasteiger partial charge in [0.1, 0.15) is 35.0 Å². The number of benzene rings is 2. The van der Waals surface area contributed by atoms with Crippen molar-refractivity contribution in [2.24, 2.45) is 7.05 Å². The van der Waals surface area contributed by atoms with Crippen molar-refractivity contribution in [3.8, 4) is 29.0 Å². The number of halogens is 2. The van der Waals surface area contributed by atoms with Gasteiger partial charge in [0.05, 0.1) is 54.4 Å². The van der Waals surface area contributed by atoms with Gasteiger partial charge in [-0.3, -0.25) is 58.2 Å². The molecule has 0 spiro atoms. The molecule has 3 aliphatic rings. The average molecular weight is 1050 g/mol. The SMILES string of the molecule is COc1ncc(-c2nc3c(n2CCCn2cc(CNC(=O)CCCNC(=O)COc4ccc5c(c4)C(=O)N(C4CCC(=O)NC4=O)C5=O)nn2)[C@@H](c2ccc(Cl)cc2)N(c2cc(Cl)cn(C)c2=O)C3=O)c(OC)n1. The van der Waals surface area contributed by atoms with Gasteiger partial charge in [-0.15, -0.1) is 5.10 Å². The van der Waals surface area contributed by atoms with Gasteiger partial charge in [0.25, 0.3) is 29.2 Å². The highest BCUT2D eigenvalue weighted by atomic mass is 35.5. The molecule has 7 amide bonds. The Morgan fingerprint density at radius 2 is 1.61 bits per heavy atom. The standard InChI is InChI=1S/C48H45Cl2N13O11/c1-59-22-27(50)18-34(46(59)70)62-39(25-7-9-26(49)10-8-25)40-38(47(62)71)55-41(32-21-53-48(73-3)56-43(32)72-2)61(40)17-5-16-60-23-28(57-58-60)20-52-35(64)6-4-15-51-37(66)24-74-29-11-12-30-31(19-29)45(69)63(44(30)68)33-13-14-36(65)54-42(33)67/h7-12,18-19,21-23,33,39H,4-6,13-17,20,24H2,1-3H3,(H,51,66)(H,52,64)(H,54,65,67)/t33?,39-/m1/s1. The van der Waals surface area contributed by atoms with Crippen LogP contribution in [0.1, 0.15) is 86.3 Å². The summed E-state index contributed by atoms with van der Waals surface area (Å²) in [5.41, 5.74) is 1.77. The van der Waals surface area contributed by atoms with Crippen LogP contribution >= 0.6 is 23.2 Å². The summed E-state index contributed by atoms with van der Waals surface area (Å²) in [6.45, 7) is 0.449. The molecule has 3 N–H and O–H groups in total. The van der Waals surface area contributed by atoms with Crippen LogP contribution < -0.4 is 40.6 Å². The first kappa shape index (κ1) is 50.4. The van der Waals surface area contributed by atoms with Crippen LogP contribution in [0, 0.1) is 0 Å². The van der Waals surface area contributed by atoms with Crippen molar-refractivity contribution in [1.82, 2.24) is 59.9 Å². The molecule has 4 aromatic heterocycles. The van der Waals surface area contributed by atoms with E-state index in [1.54, 1.807) is 42.2 Å². The predicted octanol–water partition coefficient (Wildman–Crippen LogP) is 2.79. The predicted molar refractivity (Wildman–Crippen MR) is 260 cm³/mol. The molecule has 9 rings (SSSR count). The Balaban J connectivity index is 0.801. The number of pyridine rings is 1. The zero-order chi connectivity index (χ0) is 52.4. The highest BCUT2D eigenvalue weighted by Gasteiger charge is 2.47. The zero-order valence-corrected chi connectivity index (χ0v) is 41.3. The number of hydrogen-bond donors (Lipinski definition) is 3. The van der Waals surface area contributed by atoms with E-state index in [4.69, 9.17) is 42.4 Å². The first-order valence-corrected chi connectivity index (χ1v) is 23.8. The minimum atomic E-state index is -1.11. The number of fused-ring (bicyclic) bond motifs is 2. The van der Waals surface area contributed by atoms with Crippen LogP contribution in [-0.4, -0.2) is 119 Å². The second kappa shape index (κ2) is 21.3. The maximum atomic E-state index is 14.6. The number of rotatable bonds is 19. The van der Waals surface area contributed by atoms with Gasteiger partial charge in [0.15, 0.2) is 12.3 Å². The molecular formula is C48H45Cl2N13O11. The number of nitrogens with one attached hydrogen (secondary N) is 3. The number of methoxy groups -OCH3 is 2. The first-order valence-electron chi connectivity index (χ1n) is 23.1. The Morgan fingerprint density at radius 1 is 0.824 bits per heavy atom. The topological polar surface area (TPSA) is 286 Å². The van der Waals surface area contributed by atoms with E-state index in [0.29, 0.717) is 52.7 Å². The number of piperidine rings is 1. The fourth-order valence-corrected chi connectivity index (χ4v) is 9.26. The van der Waals surface area contributed by atoms with Crippen molar-refractivity contribution >= 4 is 70.2 Å². The van der Waals surface area contributed by atoms with Gasteiger partial charge in [-0.05, 0) is 61.2 Å². The van der Waals surface area contributed by atoms with Crippen LogP contribution in [0.3, 0.4) is 0 Å². The Hall–Kier alpha value is -8.51. The molecule has 2 aromatic carbocycles. The summed E-state index contributed by atoms with van der Waals surface area (Å²) >= 11 is 12.8. The van der Waals surface area contributed by atoms with Crippen LogP contribution in [0.4, 0.5) is 5.69 Å². The molecule has 2 atom stereocenters. The highest BCUT2D eigenvalue weighted by Crippen LogP contribution is 2.44. The van der Waals surface area contributed by atoms with Crippen LogP contribution in [0.5, 0.6) is 17.6 Å². The van der Waals surface area contributed by atoms with Crippen molar-refractivity contribution in [2.75, 3.05) is 32.3 Å². The quantitative estimate of drug-likeness (QED) is 0.0777. The number of carbonyl (C=O) groups excluding carboxylic acids is 7. The lowest BCUT2D eigenvalue weighted by Crippen LogP contribution is -2.54. The molecule has 0 saturated carbocycles. The molecule has 382 valence electrons. The fraction of sp³-hybridized carbons (Fsp3) is 0.312. The second-order valence-corrected chi connectivity index (χ2v) is 18.1. The van der Waals surface area contributed by atoms with Crippen LogP contribution in [0.25, 0.3) is 11.4 Å². The number of imide groups is 2. The molecule has 1 unspecified atom stereocenters. The number of aromatic nitrogens is 8. The normalized spacial score (nSPS) is 16.0. The lowest BCUT2D eigenvalue weighted by molar-refractivity contribution is -0.136. The minimum Gasteiger partial charge on any atom is -0.484 e. The van der Waals surface area contributed by atoms with E-state index in [2.05, 4.69) is 36.2 Å². The molecule has 1 fully saturated rings. The summed E-state index contributed by atoms with van der Waals surface area (Å²) in [6.07, 6.45) is 5.48. The van der Waals surface area contributed by atoms with E-state index in [1.165, 1.54) is 60.3 Å². The molecule has 74 heavy (non-hydrogen) atoms. The molecule has 7 heterocycles. The third kappa shape index (κ3) is 10.1. The molecule has 1 saturated heterocycles. The smallest absolute Gasteiger partial charge is 0.319 e. The number of ether oxygens (including phenoxy) is 3. The van der Waals surface area contributed by atoms with E-state index in [1.807, 2.05) is 4.57 Å². The van der Waals surface area contributed by atoms with E-state index >= 15 is 0 Å². The summed E-state index contributed by atoms with van der Waals surface area (Å²) < 4.78 is 21.2. The molecule has 0 radical (unpaired) electrons. The van der Waals surface area contributed by atoms with Crippen molar-refractivity contribution in [2.45, 2.75) is 63.8 Å². The number of aryl methyl sites for hydroxylation is 2. The van der Waals surface area contributed by atoms with E-state index in [9.17, 15) is 38.4 Å². The Kier molecular flexibility index (Phi) is 14.5. The maximum Gasteiger partial charge on any atom is 0.319 e. The Labute approximate surface area is 429 Å². The Bertz CT molecular complexity index is 3320. The first-order chi connectivity index (χ1) is 35.6. The molecule has 0 aliphatic carbocycles. The number of imidazole rings is 1. The molecule has 3 aliphatic heterocycles. The van der Waals surface area contributed by atoms with Crippen molar-refractivity contribution < 1.29 is 47.8 Å². The van der Waals surface area contributed by atoms with Gasteiger partial charge < -0.3 is 34.0 Å². The van der Waals surface area contributed by atoms with E-state index in [-0.39, 0.29) is 90.0 Å². The summed E-state index contributed by atoms with van der Waals surface area (Å²) in [6, 6.07) is 10.6. The third-order valence-corrected chi connectivity index (χ3v) is 12.8. The average Bonchev–Trinajstić information content (AvgIpc) is 4.15. The van der Waals surface area contributed by atoms with E-state index < -0.39 is 59.7 Å². The van der Waals surface area contributed by atoms with Crippen LogP contribution in [0.2, 0.25) is 10.0 Å². The van der Waals surface area contributed by atoms with Crippen molar-refractivity contribution in [3.05, 3.63) is 121 Å². The van der Waals surface area contributed by atoms with Gasteiger partial charge >= 0.3 is 6.01 Å². The highest BCUT2D eigenvalue weighted by molar-refractivity contribution is 6.31. The fourth-order valence-electron chi connectivity index (χ4n) is 8.88. The van der Waals surface area contributed by atoms with Crippen LogP contribution in [-0.2, 0) is 45.9 Å². The summed E-state index contributed by atoms with van der Waals surface area (Å²) in [5, 5.41) is 16.8. The lowest BCUT2D eigenvalue weighted by Gasteiger charge is -2.27. The zero-order valence-electron chi connectivity index (χ0n) is 39.8. The summed E-state index contributed by atoms with van der Waals surface area (Å²) in [7, 11) is 4.41. The number of hydrogen-bond acceptors (Lipinski definition) is 16. The number of nitrogens with zero attached hydrogens (tertiary/aromatic N) is 10. The molecule has 6 aromatic rings. The lowest BCUT2D eigenvalue weighted by atomic mass is 10.0. The van der Waals surface area contributed by atoms with Gasteiger partial charge in [-0.1, -0.05) is 40.5 Å².